The number of likely N-dealkylation sites (N-methyl/N-ethyl adjacent to an activating group) is 2. The monoisotopic (exact) mass is 2030 g/mol. The Labute approximate surface area is 860 Å². The molecule has 1 aliphatic heterocycles. The minimum atomic E-state index is -4.51. The molecule has 20 aromatic rings. The Kier molecular flexibility index (Phi) is 29.6. The number of likely N-dealkylation sites (tertiary alicyclic amines) is 1. The first kappa shape index (κ1) is 100. The van der Waals surface area contributed by atoms with Crippen molar-refractivity contribution in [2.45, 2.75) is 43.9 Å². The van der Waals surface area contributed by atoms with Gasteiger partial charge in [-0.05, 0) is 317 Å². The van der Waals surface area contributed by atoms with Gasteiger partial charge in [-0.3, -0.25) is 76.6 Å². The van der Waals surface area contributed by atoms with Crippen molar-refractivity contribution in [2.75, 3.05) is 74.0 Å². The molecule has 22 rings (SSSR count). The molecule has 12 aromatic carbocycles. The summed E-state index contributed by atoms with van der Waals surface area (Å²) in [7, 11) is 8.10. The Morgan fingerprint density at radius 2 is 0.601 bits per heavy atom. The number of hydrogen-bond acceptors (Lipinski definition) is 15. The van der Waals surface area contributed by atoms with E-state index in [4.69, 9.17) is 34.8 Å². The third-order valence-corrected chi connectivity index (χ3v) is 26.9. The van der Waals surface area contributed by atoms with Crippen LogP contribution in [0.4, 0.5) is 17.6 Å². The van der Waals surface area contributed by atoms with Gasteiger partial charge in [0.2, 0.25) is 0 Å². The smallest absolute Gasteiger partial charge is 0.351 e. The summed E-state index contributed by atoms with van der Waals surface area (Å²) in [6.07, 6.45) is 6.43. The van der Waals surface area contributed by atoms with Gasteiger partial charge in [0.05, 0.1) is 44.1 Å². The van der Waals surface area contributed by atoms with Gasteiger partial charge in [0.25, 0.3) is 45.9 Å². The molecule has 740 valence electrons. The number of piperidine rings is 1. The fraction of sp³-hybridized carbons (Fsp3) is 0.153. The number of halogens is 7. The van der Waals surface area contributed by atoms with E-state index in [2.05, 4.69) is 71.9 Å². The number of carbonyl (C=O) groups is 4. The Bertz CT molecular complexity index is 8730. The average Bonchev–Trinajstić information content (AvgIpc) is 1.05. The topological polar surface area (TPSA) is 266 Å². The van der Waals surface area contributed by atoms with Crippen LogP contribution in [0, 0.1) is 5.82 Å². The van der Waals surface area contributed by atoms with Crippen LogP contribution < -0.4 is 43.5 Å². The molecule has 0 radical (unpaired) electrons. The molecule has 4 amide bonds. The lowest BCUT2D eigenvalue weighted by molar-refractivity contribution is -0.123. The number of nitrogens with zero attached hydrogens (tertiary/aromatic N) is 11. The summed E-state index contributed by atoms with van der Waals surface area (Å²) in [4.78, 5) is 128. The number of pyridine rings is 8. The van der Waals surface area contributed by atoms with Crippen LogP contribution in [0.1, 0.15) is 67.1 Å². The zero-order valence-corrected chi connectivity index (χ0v) is 82.9. The van der Waals surface area contributed by atoms with Gasteiger partial charge in [-0.15, -0.1) is 0 Å². The minimum absolute atomic E-state index is 0.0489. The van der Waals surface area contributed by atoms with E-state index in [1.54, 1.807) is 154 Å². The van der Waals surface area contributed by atoms with E-state index in [0.29, 0.717) is 72.1 Å². The molecule has 0 unspecified atom stereocenters. The molecule has 4 N–H and O–H groups in total. The summed E-state index contributed by atoms with van der Waals surface area (Å²) in [5.74, 6) is -1.47. The average molecular weight is 2030 g/mol. The van der Waals surface area contributed by atoms with Gasteiger partial charge in [0, 0.05) is 204 Å². The Morgan fingerprint density at radius 1 is 0.331 bits per heavy atom. The molecule has 0 atom stereocenters. The Hall–Kier alpha value is -16.5. The third kappa shape index (κ3) is 22.9. The minimum Gasteiger partial charge on any atom is -0.351 e. The fourth-order valence-electron chi connectivity index (χ4n) is 18.2. The van der Waals surface area contributed by atoms with Crippen molar-refractivity contribution in [3.05, 3.63) is 425 Å². The molecule has 30 heteroatoms. The number of rotatable bonds is 21. The summed E-state index contributed by atoms with van der Waals surface area (Å²) >= 11 is 18.2. The number of fused-ring (bicyclic) bond motifs is 12. The van der Waals surface area contributed by atoms with E-state index in [9.17, 15) is 55.9 Å². The van der Waals surface area contributed by atoms with Crippen molar-refractivity contribution in [1.82, 2.24) is 74.2 Å². The highest BCUT2D eigenvalue weighted by atomic mass is 35.5. The number of carbonyl (C=O) groups excluding carboxylic acids is 4. The van der Waals surface area contributed by atoms with Gasteiger partial charge in [-0.1, -0.05) is 108 Å². The van der Waals surface area contributed by atoms with Crippen molar-refractivity contribution in [3.63, 3.8) is 0 Å². The molecule has 2 aliphatic rings. The Balaban J connectivity index is 0.000000124. The van der Waals surface area contributed by atoms with Crippen molar-refractivity contribution in [3.8, 4) is 67.3 Å². The number of aromatic nitrogens is 8. The van der Waals surface area contributed by atoms with Crippen molar-refractivity contribution in [1.29, 1.82) is 0 Å². The lowest BCUT2D eigenvalue weighted by Gasteiger charge is -2.33. The van der Waals surface area contributed by atoms with E-state index in [-0.39, 0.29) is 63.4 Å². The SMILES string of the molecule is CN(C)CCN1CCC(NC(=O)c2ccc(-n3c(=O)ccc4cnc5ccc(-c6ccc(Cl)cc6)cc5c43)cc2)CC1.CN(C)CCNC(=O)c1ccc(-n2c(=O)ccc3cnc4ccc(-c5ccc(Cl)cc5)cc4c32)cc1.O=C(NC1CC1)c1ccc(-n2c(=O)ccc3cnc4ccc(-c5ccc(F)cc5)cc4c32)cc1.O=C(NCC(F)(F)F)c1ccc(-n2c(=O)ccc3cnc4ccc(-c5ccc(Cl)cc5)cc4c32)cc1. The first-order valence-corrected chi connectivity index (χ1v) is 49.2. The molecule has 1 saturated carbocycles. The molecule has 2 fully saturated rings. The largest absolute Gasteiger partial charge is 0.405 e. The summed E-state index contributed by atoms with van der Waals surface area (Å²) in [6.45, 7) is 3.97. The highest BCUT2D eigenvalue weighted by Crippen LogP contribution is 2.38. The maximum absolute atomic E-state index is 13.4. The highest BCUT2D eigenvalue weighted by molar-refractivity contribution is 6.31. The molecular weight excluding hydrogens is 1940 g/mol. The van der Waals surface area contributed by atoms with Gasteiger partial charge < -0.3 is 36.0 Å². The molecule has 0 spiro atoms. The summed E-state index contributed by atoms with van der Waals surface area (Å²) < 4.78 is 57.2. The molecule has 148 heavy (non-hydrogen) atoms. The highest BCUT2D eigenvalue weighted by Gasteiger charge is 2.30. The van der Waals surface area contributed by atoms with Crippen LogP contribution in [0.25, 0.3) is 154 Å². The number of nitrogens with one attached hydrogen (secondary N) is 4. The molecule has 23 nitrogen and oxygen atoms in total. The van der Waals surface area contributed by atoms with Crippen LogP contribution in [0.15, 0.2) is 359 Å². The molecule has 9 heterocycles. The van der Waals surface area contributed by atoms with Gasteiger partial charge in [-0.2, -0.15) is 13.2 Å². The molecule has 1 saturated heterocycles. The van der Waals surface area contributed by atoms with Crippen LogP contribution >= 0.6 is 34.8 Å². The number of benzene rings is 12. The van der Waals surface area contributed by atoms with Gasteiger partial charge in [0.15, 0.2) is 0 Å². The first-order chi connectivity index (χ1) is 71.5. The van der Waals surface area contributed by atoms with Crippen molar-refractivity contribution >= 4 is 146 Å². The van der Waals surface area contributed by atoms with Crippen molar-refractivity contribution in [2.24, 2.45) is 0 Å². The quantitative estimate of drug-likeness (QED) is 0.0385. The maximum Gasteiger partial charge on any atom is 0.405 e. The van der Waals surface area contributed by atoms with Crippen LogP contribution in [0.2, 0.25) is 15.1 Å². The number of amides is 4. The van der Waals surface area contributed by atoms with E-state index in [1.807, 2.05) is 164 Å². The standard InChI is InChI=1S/C34H34ClN5O2.C29H25ClN4O2.C28H20FN3O2.C27H17ClF3N3O2/c1-38(2)19-20-39-17-15-28(16-18-39)37-34(42)24-5-11-29(12-6-24)40-32(41)14-8-26-22-36-31-13-7-25(21-30(31)33(26)40)23-3-9-27(35)10-4-23;1-33(2)16-15-31-29(36)20-5-11-24(12-6-20)34-27(35)14-8-22-18-32-26-13-7-21(17-25(26)28(22)34)19-3-9-23(30)10-4-19;29-21-7-1-17(2-8-21)19-5-13-25-24(15-19)27-20(16-30-25)6-14-26(33)32(27)23-11-3-18(4-12-23)28(34)31-22-9-10-22;28-20-7-1-16(2-8-20)18-5-11-23-22(13-18)25-19(14-32-23)6-12-24(35)34(25)21-9-3-17(4-10-21)26(36)33-15-27(29,30)31/h3-14,21-22,28H,15-20H2,1-2H3,(H,37,42);3-14,17-18H,15-16H2,1-2H3,(H,31,36);1-8,11-16,22H,9-10H2,(H,31,34);1-14H,15H2,(H,33,36). The third-order valence-electron chi connectivity index (χ3n) is 26.1. The Morgan fingerprint density at radius 3 is 0.885 bits per heavy atom. The molecule has 8 aromatic heterocycles. The molecule has 1 aliphatic carbocycles. The van der Waals surface area contributed by atoms with Crippen molar-refractivity contribution < 1.29 is 36.7 Å². The van der Waals surface area contributed by atoms with Gasteiger partial charge >= 0.3 is 6.18 Å². The number of hydrogen-bond donors (Lipinski definition) is 4. The maximum atomic E-state index is 13.4. The predicted octanol–water partition coefficient (Wildman–Crippen LogP) is 22.2. The lowest BCUT2D eigenvalue weighted by atomic mass is 10.0. The van der Waals surface area contributed by atoms with Crippen LogP contribution in [-0.2, 0) is 0 Å². The van der Waals surface area contributed by atoms with Crippen LogP contribution in [0.5, 0.6) is 0 Å². The second kappa shape index (κ2) is 43.8. The summed E-state index contributed by atoms with van der Waals surface area (Å²) in [5.41, 5.74) is 17.0. The van der Waals surface area contributed by atoms with Crippen LogP contribution in [-0.4, -0.2) is 169 Å². The molecular formula is C118H96Cl3F4N15O8. The summed E-state index contributed by atoms with van der Waals surface area (Å²) in [5, 5.41) is 19.5. The second-order valence-electron chi connectivity index (χ2n) is 36.9. The second-order valence-corrected chi connectivity index (χ2v) is 38.2. The lowest BCUT2D eigenvalue weighted by Crippen LogP contribution is -2.46. The molecule has 0 bridgehead atoms. The van der Waals surface area contributed by atoms with Crippen LogP contribution in [0.3, 0.4) is 0 Å². The number of alkyl halides is 3. The summed E-state index contributed by atoms with van der Waals surface area (Å²) in [6, 6.07) is 93.5. The zero-order valence-electron chi connectivity index (χ0n) is 80.6. The predicted molar refractivity (Wildman–Crippen MR) is 581 cm³/mol. The van der Waals surface area contributed by atoms with Gasteiger partial charge in [0.1, 0.15) is 12.4 Å². The fourth-order valence-corrected chi connectivity index (χ4v) is 18.6. The van der Waals surface area contributed by atoms with Gasteiger partial charge in [-0.25, -0.2) is 4.39 Å². The van der Waals surface area contributed by atoms with E-state index in [1.165, 1.54) is 53.1 Å². The van der Waals surface area contributed by atoms with E-state index >= 15 is 0 Å². The first-order valence-electron chi connectivity index (χ1n) is 48.0. The zero-order chi connectivity index (χ0) is 103. The van der Waals surface area contributed by atoms with E-state index in [0.717, 1.165) is 179 Å². The van der Waals surface area contributed by atoms with E-state index < -0.39 is 18.6 Å². The normalized spacial score (nSPS) is 12.8.